The number of carbonyl (C=O) groups excluding carboxylic acids is 2. The highest BCUT2D eigenvalue weighted by atomic mass is 16.2. The molecule has 0 radical (unpaired) electrons. The van der Waals surface area contributed by atoms with Crippen molar-refractivity contribution < 1.29 is 9.59 Å². The lowest BCUT2D eigenvalue weighted by atomic mass is 10.1. The van der Waals surface area contributed by atoms with Crippen molar-refractivity contribution >= 4 is 28.9 Å². The molecule has 0 fully saturated rings. The number of benzene rings is 3. The summed E-state index contributed by atoms with van der Waals surface area (Å²) in [7, 11) is 0. The standard InChI is InChI=1S/C26H25N3O2/c30-25(27-17-9-12-20-10-3-1-4-11-20)19-29-24-16-8-7-15-22(24)28-23(18-26(29)31)21-13-5-2-6-14-21/h1-8,10-11,13-16H,9,12,17-19H2,(H,27,30). The Kier molecular flexibility index (Phi) is 6.53. The highest BCUT2D eigenvalue weighted by molar-refractivity contribution is 6.18. The van der Waals surface area contributed by atoms with Crippen molar-refractivity contribution in [3.63, 3.8) is 0 Å². The third-order valence-corrected chi connectivity index (χ3v) is 5.26. The quantitative estimate of drug-likeness (QED) is 0.590. The van der Waals surface area contributed by atoms with Gasteiger partial charge in [0.1, 0.15) is 6.54 Å². The fourth-order valence-corrected chi connectivity index (χ4v) is 3.68. The first-order chi connectivity index (χ1) is 15.2. The normalized spacial score (nSPS) is 13.2. The van der Waals surface area contributed by atoms with E-state index in [2.05, 4.69) is 17.4 Å². The second kappa shape index (κ2) is 9.85. The van der Waals surface area contributed by atoms with E-state index >= 15 is 0 Å². The Morgan fingerprint density at radius 2 is 1.58 bits per heavy atom. The molecular formula is C26H25N3O2. The maximum Gasteiger partial charge on any atom is 0.240 e. The lowest BCUT2D eigenvalue weighted by Gasteiger charge is -2.22. The Labute approximate surface area is 182 Å². The molecule has 3 aromatic rings. The zero-order chi connectivity index (χ0) is 21.5. The summed E-state index contributed by atoms with van der Waals surface area (Å²) >= 11 is 0. The first kappa shape index (κ1) is 20.5. The molecule has 0 aromatic heterocycles. The molecule has 1 aliphatic rings. The van der Waals surface area contributed by atoms with E-state index in [1.54, 1.807) is 4.90 Å². The number of hydrogen-bond donors (Lipinski definition) is 1. The molecule has 5 nitrogen and oxygen atoms in total. The number of rotatable bonds is 7. The van der Waals surface area contributed by atoms with Gasteiger partial charge in [0.05, 0.1) is 23.5 Å². The highest BCUT2D eigenvalue weighted by Crippen LogP contribution is 2.32. The molecule has 0 saturated heterocycles. The van der Waals surface area contributed by atoms with Gasteiger partial charge in [-0.05, 0) is 36.1 Å². The molecule has 0 aliphatic carbocycles. The molecule has 1 aliphatic heterocycles. The number of hydrogen-bond acceptors (Lipinski definition) is 3. The van der Waals surface area contributed by atoms with Crippen molar-refractivity contribution in [1.29, 1.82) is 0 Å². The molecule has 1 N–H and O–H groups in total. The van der Waals surface area contributed by atoms with Gasteiger partial charge >= 0.3 is 0 Å². The molecular weight excluding hydrogens is 386 g/mol. The summed E-state index contributed by atoms with van der Waals surface area (Å²) < 4.78 is 0. The number of aliphatic imine (C=N–C) groups is 1. The summed E-state index contributed by atoms with van der Waals surface area (Å²) in [6.07, 6.45) is 1.91. The Morgan fingerprint density at radius 1 is 0.903 bits per heavy atom. The van der Waals surface area contributed by atoms with Gasteiger partial charge in [0.25, 0.3) is 0 Å². The maximum absolute atomic E-state index is 13.1. The van der Waals surface area contributed by atoms with Crippen LogP contribution in [0.1, 0.15) is 24.0 Å². The van der Waals surface area contributed by atoms with Crippen molar-refractivity contribution in [2.45, 2.75) is 19.3 Å². The van der Waals surface area contributed by atoms with Gasteiger partial charge in [-0.2, -0.15) is 0 Å². The number of nitrogens with one attached hydrogen (secondary N) is 1. The molecule has 0 unspecified atom stereocenters. The Morgan fingerprint density at radius 3 is 2.35 bits per heavy atom. The van der Waals surface area contributed by atoms with Crippen LogP contribution in [0.5, 0.6) is 0 Å². The number of fused-ring (bicyclic) bond motifs is 1. The Bertz CT molecular complexity index is 1080. The van der Waals surface area contributed by atoms with E-state index in [1.165, 1.54) is 5.56 Å². The van der Waals surface area contributed by atoms with E-state index in [1.807, 2.05) is 72.8 Å². The molecule has 0 saturated carbocycles. The van der Waals surface area contributed by atoms with Crippen molar-refractivity contribution in [1.82, 2.24) is 5.32 Å². The SMILES string of the molecule is O=C(CN1C(=O)CC(c2ccccc2)=Nc2ccccc21)NCCCc1ccccc1. The van der Waals surface area contributed by atoms with Crippen molar-refractivity contribution in [3.05, 3.63) is 96.1 Å². The number of aryl methyl sites for hydroxylation is 1. The number of amides is 2. The van der Waals surface area contributed by atoms with Crippen LogP contribution in [0.2, 0.25) is 0 Å². The van der Waals surface area contributed by atoms with Crippen molar-refractivity contribution in [3.8, 4) is 0 Å². The summed E-state index contributed by atoms with van der Waals surface area (Å²) in [4.78, 5) is 32.0. The molecule has 2 amide bonds. The summed E-state index contributed by atoms with van der Waals surface area (Å²) in [6.45, 7) is 0.557. The first-order valence-corrected chi connectivity index (χ1v) is 10.5. The summed E-state index contributed by atoms with van der Waals surface area (Å²) in [5.74, 6) is -0.300. The smallest absolute Gasteiger partial charge is 0.240 e. The second-order valence-electron chi connectivity index (χ2n) is 7.51. The molecule has 5 heteroatoms. The summed E-state index contributed by atoms with van der Waals surface area (Å²) in [5, 5.41) is 2.94. The molecule has 0 spiro atoms. The minimum atomic E-state index is -0.167. The monoisotopic (exact) mass is 411 g/mol. The van der Waals surface area contributed by atoms with Crippen LogP contribution in [0.3, 0.4) is 0 Å². The van der Waals surface area contributed by atoms with Crippen LogP contribution in [-0.2, 0) is 16.0 Å². The zero-order valence-electron chi connectivity index (χ0n) is 17.3. The number of nitrogens with zero attached hydrogens (tertiary/aromatic N) is 2. The lowest BCUT2D eigenvalue weighted by molar-refractivity contribution is -0.123. The van der Waals surface area contributed by atoms with E-state index in [0.29, 0.717) is 23.6 Å². The van der Waals surface area contributed by atoms with Crippen LogP contribution >= 0.6 is 0 Å². The molecule has 0 atom stereocenters. The fourth-order valence-electron chi connectivity index (χ4n) is 3.68. The van der Waals surface area contributed by atoms with Gasteiger partial charge in [-0.1, -0.05) is 72.8 Å². The van der Waals surface area contributed by atoms with Gasteiger partial charge in [0.2, 0.25) is 11.8 Å². The van der Waals surface area contributed by atoms with Crippen molar-refractivity contribution in [2.24, 2.45) is 4.99 Å². The van der Waals surface area contributed by atoms with Gasteiger partial charge in [-0.25, -0.2) is 0 Å². The van der Waals surface area contributed by atoms with Crippen LogP contribution in [-0.4, -0.2) is 30.6 Å². The molecule has 3 aromatic carbocycles. The zero-order valence-corrected chi connectivity index (χ0v) is 17.3. The number of carbonyl (C=O) groups is 2. The summed E-state index contributed by atoms with van der Waals surface area (Å²) in [5.41, 5.74) is 4.24. The van der Waals surface area contributed by atoms with Gasteiger partial charge in [-0.15, -0.1) is 0 Å². The number of para-hydroxylation sites is 2. The third-order valence-electron chi connectivity index (χ3n) is 5.26. The highest BCUT2D eigenvalue weighted by Gasteiger charge is 2.26. The fraction of sp³-hybridized carbons (Fsp3) is 0.192. The van der Waals surface area contributed by atoms with Gasteiger partial charge in [0.15, 0.2) is 0 Å². The van der Waals surface area contributed by atoms with E-state index in [9.17, 15) is 9.59 Å². The van der Waals surface area contributed by atoms with Crippen LogP contribution < -0.4 is 10.2 Å². The molecule has 31 heavy (non-hydrogen) atoms. The van der Waals surface area contributed by atoms with Gasteiger partial charge in [-0.3, -0.25) is 14.6 Å². The molecule has 0 bridgehead atoms. The topological polar surface area (TPSA) is 61.8 Å². The van der Waals surface area contributed by atoms with E-state index in [4.69, 9.17) is 4.99 Å². The molecule has 1 heterocycles. The van der Waals surface area contributed by atoms with Crippen LogP contribution in [0, 0.1) is 0 Å². The second-order valence-corrected chi connectivity index (χ2v) is 7.51. The predicted octanol–water partition coefficient (Wildman–Crippen LogP) is 4.29. The van der Waals surface area contributed by atoms with E-state index < -0.39 is 0 Å². The first-order valence-electron chi connectivity index (χ1n) is 10.5. The van der Waals surface area contributed by atoms with E-state index in [0.717, 1.165) is 18.4 Å². The van der Waals surface area contributed by atoms with Gasteiger partial charge < -0.3 is 10.2 Å². The largest absolute Gasteiger partial charge is 0.355 e. The molecule has 4 rings (SSSR count). The van der Waals surface area contributed by atoms with Crippen LogP contribution in [0.4, 0.5) is 11.4 Å². The predicted molar refractivity (Wildman–Crippen MR) is 124 cm³/mol. The van der Waals surface area contributed by atoms with Crippen LogP contribution in [0.15, 0.2) is 89.9 Å². The molecule has 156 valence electrons. The van der Waals surface area contributed by atoms with Gasteiger partial charge in [0, 0.05) is 6.54 Å². The van der Waals surface area contributed by atoms with Crippen LogP contribution in [0.25, 0.3) is 0 Å². The number of anilines is 1. The Balaban J connectivity index is 1.42. The van der Waals surface area contributed by atoms with Crippen molar-refractivity contribution in [2.75, 3.05) is 18.0 Å². The summed E-state index contributed by atoms with van der Waals surface area (Å²) in [6, 6.07) is 27.4. The maximum atomic E-state index is 13.1. The minimum Gasteiger partial charge on any atom is -0.355 e. The van der Waals surface area contributed by atoms with E-state index in [-0.39, 0.29) is 24.8 Å². The average Bonchev–Trinajstić information content (AvgIpc) is 2.95. The Hall–Kier alpha value is -3.73. The minimum absolute atomic E-state index is 0.0151. The third kappa shape index (κ3) is 5.25. The lowest BCUT2D eigenvalue weighted by Crippen LogP contribution is -2.41. The average molecular weight is 412 g/mol.